The van der Waals surface area contributed by atoms with Gasteiger partial charge in [-0.05, 0) is 30.7 Å². The lowest BCUT2D eigenvalue weighted by atomic mass is 10.2. The highest BCUT2D eigenvalue weighted by atomic mass is 16.2. The van der Waals surface area contributed by atoms with Gasteiger partial charge in [0.15, 0.2) is 5.65 Å². The van der Waals surface area contributed by atoms with Crippen LogP contribution in [-0.2, 0) is 4.79 Å². The van der Waals surface area contributed by atoms with Gasteiger partial charge in [0.25, 0.3) is 11.5 Å². The summed E-state index contributed by atoms with van der Waals surface area (Å²) in [6, 6.07) is 9.76. The van der Waals surface area contributed by atoms with Crippen molar-refractivity contribution < 1.29 is 9.59 Å². The Labute approximate surface area is 199 Å². The number of hydrogen-bond donors (Lipinski definition) is 3. The van der Waals surface area contributed by atoms with Gasteiger partial charge in [0.1, 0.15) is 34.7 Å². The molecule has 2 amide bonds. The molecule has 5 rings (SSSR count). The van der Waals surface area contributed by atoms with Gasteiger partial charge in [0.2, 0.25) is 5.91 Å². The van der Waals surface area contributed by atoms with Crippen LogP contribution in [0.2, 0.25) is 0 Å². The van der Waals surface area contributed by atoms with Crippen LogP contribution in [0.15, 0.2) is 59.8 Å². The third-order valence-electron chi connectivity index (χ3n) is 5.81. The molecule has 3 N–H and O–H groups in total. The summed E-state index contributed by atoms with van der Waals surface area (Å²) < 4.78 is 2.91. The molecule has 0 aromatic carbocycles. The minimum atomic E-state index is -0.582. The van der Waals surface area contributed by atoms with E-state index in [2.05, 4.69) is 31.0 Å². The summed E-state index contributed by atoms with van der Waals surface area (Å²) in [4.78, 5) is 48.6. The topological polar surface area (TPSA) is 139 Å². The quantitative estimate of drug-likeness (QED) is 0.377. The van der Waals surface area contributed by atoms with E-state index in [1.165, 1.54) is 15.3 Å². The van der Waals surface area contributed by atoms with Crippen molar-refractivity contribution in [2.24, 2.45) is 0 Å². The van der Waals surface area contributed by atoms with E-state index in [4.69, 9.17) is 0 Å². The van der Waals surface area contributed by atoms with E-state index >= 15 is 0 Å². The summed E-state index contributed by atoms with van der Waals surface area (Å²) in [5, 5.41) is 13.1. The minimum Gasteiger partial charge on any atom is -0.373 e. The van der Waals surface area contributed by atoms with Crippen LogP contribution in [0.25, 0.3) is 11.5 Å². The van der Waals surface area contributed by atoms with Crippen molar-refractivity contribution in [1.82, 2.24) is 34.4 Å². The van der Waals surface area contributed by atoms with Gasteiger partial charge in [-0.15, -0.1) is 0 Å². The van der Waals surface area contributed by atoms with Crippen molar-refractivity contribution >= 4 is 34.8 Å². The number of fused-ring (bicyclic) bond motifs is 1. The second-order valence-corrected chi connectivity index (χ2v) is 8.05. The molecular weight excluding hydrogens is 450 g/mol. The van der Waals surface area contributed by atoms with Gasteiger partial charge in [-0.3, -0.25) is 19.0 Å². The predicted molar refractivity (Wildman–Crippen MR) is 129 cm³/mol. The van der Waals surface area contributed by atoms with Crippen LogP contribution in [0.5, 0.6) is 0 Å². The number of likely N-dealkylation sites (N-methyl/N-ethyl adjacent to an activating group) is 1. The van der Waals surface area contributed by atoms with Crippen molar-refractivity contribution in [1.29, 1.82) is 0 Å². The lowest BCUT2D eigenvalue weighted by Crippen LogP contribution is -2.40. The van der Waals surface area contributed by atoms with Gasteiger partial charge in [-0.1, -0.05) is 6.07 Å². The molecule has 4 aromatic rings. The number of likely N-dealkylation sites (tertiary alicyclic amines) is 1. The largest absolute Gasteiger partial charge is 0.373 e. The van der Waals surface area contributed by atoms with Crippen molar-refractivity contribution in [3.05, 3.63) is 70.9 Å². The molecule has 0 unspecified atom stereocenters. The first-order valence-corrected chi connectivity index (χ1v) is 11.0. The van der Waals surface area contributed by atoms with Crippen LogP contribution in [0.1, 0.15) is 16.8 Å². The van der Waals surface area contributed by atoms with Crippen LogP contribution in [0, 0.1) is 0 Å². The maximum atomic E-state index is 13.1. The van der Waals surface area contributed by atoms with Crippen LogP contribution < -0.4 is 21.5 Å². The summed E-state index contributed by atoms with van der Waals surface area (Å²) in [6.45, 7) is 0.585. The van der Waals surface area contributed by atoms with Crippen molar-refractivity contribution in [2.45, 2.75) is 12.5 Å². The third-order valence-corrected chi connectivity index (χ3v) is 5.81. The number of hydrogen-bond acceptors (Lipinski definition) is 8. The number of aromatic nitrogens is 5. The zero-order valence-corrected chi connectivity index (χ0v) is 19.1. The summed E-state index contributed by atoms with van der Waals surface area (Å²) >= 11 is 0. The monoisotopic (exact) mass is 473 g/mol. The Balaban J connectivity index is 1.49. The molecule has 0 spiro atoms. The first-order valence-electron chi connectivity index (χ1n) is 11.0. The molecule has 1 saturated heterocycles. The highest BCUT2D eigenvalue weighted by molar-refractivity contribution is 6.02. The molecule has 0 bridgehead atoms. The zero-order chi connectivity index (χ0) is 24.5. The van der Waals surface area contributed by atoms with Crippen molar-refractivity contribution in [2.75, 3.05) is 31.3 Å². The smallest absolute Gasteiger partial charge is 0.279 e. The molecule has 12 nitrogen and oxygen atoms in total. The standard InChI is InChI=1S/C23H23N9O3/c1-24-19-12-17(27-15-6-5-10-31(23(15)35)18-7-3-4-9-25-18)29-20-14(13-26-32(19)20)21(33)28-16-8-11-30(2)22(16)34/h3-7,9-10,12-13,16,24H,8,11H2,1-2H3,(H,27,29)(H,28,33)/t16-/m1/s1. The molecular formula is C23H23N9O3. The first kappa shape index (κ1) is 22.1. The van der Waals surface area contributed by atoms with E-state index in [0.717, 1.165) is 0 Å². The molecule has 1 atom stereocenters. The fourth-order valence-electron chi connectivity index (χ4n) is 3.96. The molecule has 12 heteroatoms. The number of carbonyl (C=O) groups excluding carboxylic acids is 2. The molecule has 0 saturated carbocycles. The second-order valence-electron chi connectivity index (χ2n) is 8.05. The fourth-order valence-corrected chi connectivity index (χ4v) is 3.96. The van der Waals surface area contributed by atoms with E-state index in [-0.39, 0.29) is 28.4 Å². The number of carbonyl (C=O) groups is 2. The molecule has 0 aliphatic carbocycles. The number of anilines is 3. The number of pyridine rings is 2. The summed E-state index contributed by atoms with van der Waals surface area (Å²) in [5.74, 6) is 0.798. The van der Waals surface area contributed by atoms with Crippen LogP contribution >= 0.6 is 0 Å². The zero-order valence-electron chi connectivity index (χ0n) is 19.1. The Kier molecular flexibility index (Phi) is 5.61. The minimum absolute atomic E-state index is 0.130. The normalized spacial score (nSPS) is 15.4. The lowest BCUT2D eigenvalue weighted by Gasteiger charge is -2.13. The molecule has 178 valence electrons. The third kappa shape index (κ3) is 4.05. The van der Waals surface area contributed by atoms with Crippen LogP contribution in [0.3, 0.4) is 0 Å². The Morgan fingerprint density at radius 3 is 2.74 bits per heavy atom. The lowest BCUT2D eigenvalue weighted by molar-refractivity contribution is -0.128. The van der Waals surface area contributed by atoms with E-state index in [0.29, 0.717) is 30.4 Å². The predicted octanol–water partition coefficient (Wildman–Crippen LogP) is 1.02. The molecule has 0 radical (unpaired) electrons. The number of nitrogens with zero attached hydrogens (tertiary/aromatic N) is 6. The Morgan fingerprint density at radius 1 is 1.17 bits per heavy atom. The number of amides is 2. The Bertz CT molecular complexity index is 1480. The highest BCUT2D eigenvalue weighted by Gasteiger charge is 2.31. The highest BCUT2D eigenvalue weighted by Crippen LogP contribution is 2.21. The van der Waals surface area contributed by atoms with E-state index in [1.54, 1.807) is 67.8 Å². The van der Waals surface area contributed by atoms with Crippen molar-refractivity contribution in [3.63, 3.8) is 0 Å². The van der Waals surface area contributed by atoms with Gasteiger partial charge in [-0.25, -0.2) is 9.97 Å². The first-order chi connectivity index (χ1) is 17.0. The van der Waals surface area contributed by atoms with Crippen LogP contribution in [0.4, 0.5) is 17.3 Å². The fraction of sp³-hybridized carbons (Fsp3) is 0.217. The molecule has 4 aromatic heterocycles. The van der Waals surface area contributed by atoms with Gasteiger partial charge in [0.05, 0.1) is 6.20 Å². The molecule has 1 fully saturated rings. The molecule has 5 heterocycles. The molecule has 1 aliphatic rings. The maximum Gasteiger partial charge on any atom is 0.279 e. The van der Waals surface area contributed by atoms with E-state index in [9.17, 15) is 14.4 Å². The maximum absolute atomic E-state index is 13.1. The molecule has 35 heavy (non-hydrogen) atoms. The van der Waals surface area contributed by atoms with Gasteiger partial charge in [0, 0.05) is 39.1 Å². The summed E-state index contributed by atoms with van der Waals surface area (Å²) in [5.41, 5.74) is 0.458. The van der Waals surface area contributed by atoms with Crippen molar-refractivity contribution in [3.8, 4) is 5.82 Å². The van der Waals surface area contributed by atoms with Crippen LogP contribution in [-0.4, -0.2) is 67.5 Å². The van der Waals surface area contributed by atoms with Gasteiger partial charge in [-0.2, -0.15) is 9.61 Å². The molecule has 1 aliphatic heterocycles. The van der Waals surface area contributed by atoms with Gasteiger partial charge < -0.3 is 20.9 Å². The van der Waals surface area contributed by atoms with E-state index < -0.39 is 11.9 Å². The SMILES string of the molecule is CNc1cc(Nc2cccn(-c3ccccn3)c2=O)nc2c(C(=O)N[C@@H]3CCN(C)C3=O)cnn12. The Hall–Kier alpha value is -4.74. The number of nitrogens with one attached hydrogen (secondary N) is 3. The number of rotatable bonds is 6. The Morgan fingerprint density at radius 2 is 2.03 bits per heavy atom. The summed E-state index contributed by atoms with van der Waals surface area (Å²) in [7, 11) is 3.41. The average molecular weight is 473 g/mol. The average Bonchev–Trinajstić information content (AvgIpc) is 3.44. The van der Waals surface area contributed by atoms with Gasteiger partial charge >= 0.3 is 0 Å². The van der Waals surface area contributed by atoms with E-state index in [1.807, 2.05) is 0 Å². The summed E-state index contributed by atoms with van der Waals surface area (Å²) in [6.07, 6.45) is 5.19. The second kappa shape index (κ2) is 8.89.